The van der Waals surface area contributed by atoms with E-state index in [0.29, 0.717) is 16.9 Å². The molecule has 0 unspecified atom stereocenters. The van der Waals surface area contributed by atoms with Crippen molar-refractivity contribution in [1.82, 2.24) is 19.9 Å². The fraction of sp³-hybridized carbons (Fsp3) is 0. The SMILES string of the molecule is O=S(=O)(c1cccs1)N(c1ccccc1)c1ncnc2nc[nH]c12. The Morgan fingerprint density at radius 1 is 1.00 bits per heavy atom. The Balaban J connectivity index is 2.01. The number of hydrogen-bond acceptors (Lipinski definition) is 6. The second-order valence-corrected chi connectivity index (χ2v) is 7.80. The highest BCUT2D eigenvalue weighted by Crippen LogP contribution is 2.34. The lowest BCUT2D eigenvalue weighted by Crippen LogP contribution is -2.26. The quantitative estimate of drug-likeness (QED) is 0.606. The van der Waals surface area contributed by atoms with Crippen LogP contribution in [0.25, 0.3) is 11.2 Å². The molecule has 0 saturated heterocycles. The number of fused-ring (bicyclic) bond motifs is 1. The number of nitrogens with zero attached hydrogens (tertiary/aromatic N) is 4. The molecule has 0 bridgehead atoms. The number of sulfonamides is 1. The summed E-state index contributed by atoms with van der Waals surface area (Å²) in [6.07, 6.45) is 2.77. The normalized spacial score (nSPS) is 11.7. The fourth-order valence-electron chi connectivity index (χ4n) is 2.34. The summed E-state index contributed by atoms with van der Waals surface area (Å²) in [5.74, 6) is 0.233. The standard InChI is InChI=1S/C15H11N5O2S2/c21-24(22,12-7-4-8-23-12)20(11-5-2-1-3-6-11)15-13-14(17-9-16-13)18-10-19-15/h1-10H,(H,16,17,18,19). The van der Waals surface area contributed by atoms with Crippen LogP contribution in [0, 0.1) is 0 Å². The number of aromatic amines is 1. The average Bonchev–Trinajstić information content (AvgIpc) is 3.28. The molecule has 7 nitrogen and oxygen atoms in total. The number of anilines is 2. The van der Waals surface area contributed by atoms with Crippen LogP contribution in [0.4, 0.5) is 11.5 Å². The number of aromatic nitrogens is 4. The zero-order valence-corrected chi connectivity index (χ0v) is 13.8. The molecule has 24 heavy (non-hydrogen) atoms. The maximum Gasteiger partial charge on any atom is 0.279 e. The van der Waals surface area contributed by atoms with Gasteiger partial charge in [-0.2, -0.15) is 8.42 Å². The molecular weight excluding hydrogens is 346 g/mol. The van der Waals surface area contributed by atoms with Gasteiger partial charge in [0.1, 0.15) is 16.1 Å². The van der Waals surface area contributed by atoms with Crippen LogP contribution in [-0.2, 0) is 10.0 Å². The minimum Gasteiger partial charge on any atom is -0.340 e. The van der Waals surface area contributed by atoms with Crippen molar-refractivity contribution in [2.75, 3.05) is 4.31 Å². The molecule has 9 heteroatoms. The number of H-pyrrole nitrogens is 1. The Hall–Kier alpha value is -2.78. The van der Waals surface area contributed by atoms with E-state index in [2.05, 4.69) is 19.9 Å². The maximum absolute atomic E-state index is 13.2. The zero-order valence-electron chi connectivity index (χ0n) is 12.2. The highest BCUT2D eigenvalue weighted by molar-refractivity contribution is 7.95. The summed E-state index contributed by atoms with van der Waals surface area (Å²) in [7, 11) is -3.82. The van der Waals surface area contributed by atoms with E-state index in [4.69, 9.17) is 0 Å². The molecule has 0 spiro atoms. The van der Waals surface area contributed by atoms with Gasteiger partial charge in [0.2, 0.25) is 0 Å². The summed E-state index contributed by atoms with van der Waals surface area (Å²) in [4.78, 5) is 15.2. The van der Waals surface area contributed by atoms with Gasteiger partial charge in [-0.25, -0.2) is 19.3 Å². The van der Waals surface area contributed by atoms with Gasteiger partial charge < -0.3 is 4.98 Å². The van der Waals surface area contributed by atoms with Crippen molar-refractivity contribution >= 4 is 44.0 Å². The molecule has 0 atom stereocenters. The van der Waals surface area contributed by atoms with Crippen molar-refractivity contribution in [3.63, 3.8) is 0 Å². The van der Waals surface area contributed by atoms with Crippen LogP contribution in [0.1, 0.15) is 0 Å². The van der Waals surface area contributed by atoms with E-state index in [-0.39, 0.29) is 10.0 Å². The Morgan fingerprint density at radius 2 is 1.83 bits per heavy atom. The number of thiophene rings is 1. The van der Waals surface area contributed by atoms with Gasteiger partial charge >= 0.3 is 0 Å². The molecule has 0 radical (unpaired) electrons. The van der Waals surface area contributed by atoms with E-state index < -0.39 is 10.0 Å². The molecule has 4 rings (SSSR count). The van der Waals surface area contributed by atoms with Crippen LogP contribution in [0.3, 0.4) is 0 Å². The molecular formula is C15H11N5O2S2. The molecule has 1 N–H and O–H groups in total. The Morgan fingerprint density at radius 3 is 2.58 bits per heavy atom. The molecule has 0 saturated carbocycles. The van der Waals surface area contributed by atoms with Crippen molar-refractivity contribution in [1.29, 1.82) is 0 Å². The molecule has 0 amide bonds. The molecule has 0 aliphatic rings. The Labute approximate surface area is 141 Å². The Bertz CT molecular complexity index is 1080. The molecule has 3 heterocycles. The van der Waals surface area contributed by atoms with Crippen LogP contribution in [0.15, 0.2) is 64.7 Å². The highest BCUT2D eigenvalue weighted by atomic mass is 32.2. The third-order valence-electron chi connectivity index (χ3n) is 3.38. The van der Waals surface area contributed by atoms with Crippen LogP contribution < -0.4 is 4.31 Å². The van der Waals surface area contributed by atoms with Crippen molar-refractivity contribution < 1.29 is 8.42 Å². The van der Waals surface area contributed by atoms with Gasteiger partial charge in [-0.15, -0.1) is 11.3 Å². The third kappa shape index (κ3) is 2.34. The summed E-state index contributed by atoms with van der Waals surface area (Å²) in [5.41, 5.74) is 1.35. The number of nitrogens with one attached hydrogen (secondary N) is 1. The number of para-hydroxylation sites is 1. The van der Waals surface area contributed by atoms with Gasteiger partial charge in [-0.05, 0) is 23.6 Å². The van der Waals surface area contributed by atoms with Gasteiger partial charge in [0.15, 0.2) is 11.5 Å². The van der Waals surface area contributed by atoms with Gasteiger partial charge in [0.25, 0.3) is 10.0 Å². The summed E-state index contributed by atoms with van der Waals surface area (Å²) in [5, 5.41) is 1.72. The monoisotopic (exact) mass is 357 g/mol. The topological polar surface area (TPSA) is 91.8 Å². The number of imidazole rings is 1. The first-order valence-electron chi connectivity index (χ1n) is 6.96. The maximum atomic E-state index is 13.2. The lowest BCUT2D eigenvalue weighted by molar-refractivity contribution is 0.598. The van der Waals surface area contributed by atoms with Crippen molar-refractivity contribution in [2.45, 2.75) is 4.21 Å². The zero-order chi connectivity index (χ0) is 16.6. The summed E-state index contributed by atoms with van der Waals surface area (Å²) >= 11 is 1.16. The van der Waals surface area contributed by atoms with E-state index in [9.17, 15) is 8.42 Å². The summed E-state index contributed by atoms with van der Waals surface area (Å²) < 4.78 is 27.8. The van der Waals surface area contributed by atoms with Crippen LogP contribution in [0.5, 0.6) is 0 Å². The molecule has 4 aromatic rings. The first-order valence-corrected chi connectivity index (χ1v) is 9.28. The van der Waals surface area contributed by atoms with Crippen molar-refractivity contribution in [2.24, 2.45) is 0 Å². The lowest BCUT2D eigenvalue weighted by atomic mass is 10.3. The van der Waals surface area contributed by atoms with Gasteiger partial charge in [0, 0.05) is 0 Å². The summed E-state index contributed by atoms with van der Waals surface area (Å²) in [6.45, 7) is 0. The van der Waals surface area contributed by atoms with Gasteiger partial charge in [-0.1, -0.05) is 24.3 Å². The molecule has 0 aliphatic carbocycles. The first kappa shape index (κ1) is 14.8. The van der Waals surface area contributed by atoms with Crippen LogP contribution >= 0.6 is 11.3 Å². The van der Waals surface area contributed by atoms with Gasteiger partial charge in [-0.3, -0.25) is 0 Å². The molecule has 1 aromatic carbocycles. The second-order valence-electron chi connectivity index (χ2n) is 4.84. The highest BCUT2D eigenvalue weighted by Gasteiger charge is 2.30. The van der Waals surface area contributed by atoms with Crippen molar-refractivity contribution in [3.8, 4) is 0 Å². The second kappa shape index (κ2) is 5.69. The Kier molecular flexibility index (Phi) is 3.51. The van der Waals surface area contributed by atoms with Crippen LogP contribution in [-0.4, -0.2) is 28.4 Å². The van der Waals surface area contributed by atoms with Crippen LogP contribution in [0.2, 0.25) is 0 Å². The van der Waals surface area contributed by atoms with Gasteiger partial charge in [0.05, 0.1) is 12.0 Å². The minimum absolute atomic E-state index is 0.233. The average molecular weight is 357 g/mol. The van der Waals surface area contributed by atoms with E-state index in [1.165, 1.54) is 17.0 Å². The van der Waals surface area contributed by atoms with E-state index >= 15 is 0 Å². The summed E-state index contributed by atoms with van der Waals surface area (Å²) in [6, 6.07) is 12.1. The van der Waals surface area contributed by atoms with E-state index in [1.54, 1.807) is 41.8 Å². The minimum atomic E-state index is -3.82. The fourth-order valence-corrected chi connectivity index (χ4v) is 4.87. The molecule has 3 aromatic heterocycles. The van der Waals surface area contributed by atoms with Crippen molar-refractivity contribution in [3.05, 3.63) is 60.5 Å². The lowest BCUT2D eigenvalue weighted by Gasteiger charge is -2.22. The number of hydrogen-bond donors (Lipinski definition) is 1. The predicted octanol–water partition coefficient (Wildman–Crippen LogP) is 2.94. The van der Waals surface area contributed by atoms with E-state index in [0.717, 1.165) is 11.3 Å². The molecule has 0 fully saturated rings. The van der Waals surface area contributed by atoms with E-state index in [1.807, 2.05) is 6.07 Å². The largest absolute Gasteiger partial charge is 0.340 e. The predicted molar refractivity (Wildman–Crippen MR) is 91.8 cm³/mol. The molecule has 120 valence electrons. The third-order valence-corrected chi connectivity index (χ3v) is 6.47. The number of rotatable bonds is 4. The first-order chi connectivity index (χ1) is 11.7. The molecule has 0 aliphatic heterocycles. The smallest absolute Gasteiger partial charge is 0.279 e. The number of benzene rings is 1.